The van der Waals surface area contributed by atoms with Crippen LogP contribution in [0.3, 0.4) is 0 Å². The molecule has 0 radical (unpaired) electrons. The lowest BCUT2D eigenvalue weighted by Crippen LogP contribution is -2.16. The molecular weight excluding hydrogens is 328 g/mol. The Kier molecular flexibility index (Phi) is 4.22. The number of hydrogen-bond donors (Lipinski definition) is 2. The monoisotopic (exact) mass is 342 g/mol. The van der Waals surface area contributed by atoms with Crippen LogP contribution in [0.15, 0.2) is 42.6 Å². The van der Waals surface area contributed by atoms with Crippen LogP contribution in [0, 0.1) is 6.92 Å². The second-order valence-electron chi connectivity index (χ2n) is 5.29. The largest absolute Gasteiger partial charge is 0.326 e. The Morgan fingerprint density at radius 1 is 1.08 bits per heavy atom. The first kappa shape index (κ1) is 16.0. The number of carbonyl (C=O) groups is 2. The number of aromatic nitrogens is 2. The van der Waals surface area contributed by atoms with Crippen LogP contribution in [0.1, 0.15) is 23.0 Å². The average Bonchev–Trinajstić information content (AvgIpc) is 2.86. The maximum atomic E-state index is 12.7. The summed E-state index contributed by atoms with van der Waals surface area (Å²) in [7, 11) is 0. The Morgan fingerprint density at radius 3 is 2.50 bits per heavy atom. The normalized spacial score (nSPS) is 10.6. The fourth-order valence-corrected chi connectivity index (χ4v) is 2.71. The minimum Gasteiger partial charge on any atom is -0.326 e. The van der Waals surface area contributed by atoms with Crippen LogP contribution in [0.5, 0.6) is 0 Å². The van der Waals surface area contributed by atoms with Crippen LogP contribution >= 0.6 is 11.6 Å². The lowest BCUT2D eigenvalue weighted by molar-refractivity contribution is -0.114. The molecule has 0 bridgehead atoms. The highest BCUT2D eigenvalue weighted by molar-refractivity contribution is 6.33. The number of fused-ring (bicyclic) bond motifs is 1. The number of benzene rings is 1. The number of rotatable bonds is 3. The van der Waals surface area contributed by atoms with Crippen molar-refractivity contribution >= 4 is 40.4 Å². The average molecular weight is 343 g/mol. The third kappa shape index (κ3) is 2.96. The van der Waals surface area contributed by atoms with Crippen LogP contribution in [0.2, 0.25) is 5.15 Å². The molecule has 3 rings (SSSR count). The summed E-state index contributed by atoms with van der Waals surface area (Å²) >= 11 is 6.12. The summed E-state index contributed by atoms with van der Waals surface area (Å²) in [6, 6.07) is 10.7. The highest BCUT2D eigenvalue weighted by Crippen LogP contribution is 2.25. The Labute approximate surface area is 143 Å². The van der Waals surface area contributed by atoms with Crippen molar-refractivity contribution in [2.24, 2.45) is 0 Å². The first-order chi connectivity index (χ1) is 11.5. The third-order valence-corrected chi connectivity index (χ3v) is 3.86. The van der Waals surface area contributed by atoms with E-state index in [0.717, 1.165) is 5.56 Å². The van der Waals surface area contributed by atoms with Crippen molar-refractivity contribution in [3.8, 4) is 0 Å². The molecule has 0 atom stereocenters. The number of pyridine rings is 1. The quantitative estimate of drug-likeness (QED) is 0.764. The van der Waals surface area contributed by atoms with Gasteiger partial charge in [-0.15, -0.1) is 0 Å². The minimum atomic E-state index is -0.373. The first-order valence-electron chi connectivity index (χ1n) is 7.28. The van der Waals surface area contributed by atoms with Crippen molar-refractivity contribution in [1.29, 1.82) is 0 Å². The number of nitrogens with zero attached hydrogens (tertiary/aromatic N) is 2. The van der Waals surface area contributed by atoms with Crippen molar-refractivity contribution in [1.82, 2.24) is 9.38 Å². The SMILES string of the molecule is CC(=O)Nc1cccc(NC(=O)c2c(Cl)nc3ccccn23)c1C. The van der Waals surface area contributed by atoms with E-state index in [2.05, 4.69) is 15.6 Å². The number of anilines is 2. The Hall–Kier alpha value is -2.86. The number of carbonyl (C=O) groups excluding carboxylic acids is 2. The summed E-state index contributed by atoms with van der Waals surface area (Å²) in [5.41, 5.74) is 2.84. The summed E-state index contributed by atoms with van der Waals surface area (Å²) in [6.07, 6.45) is 1.73. The van der Waals surface area contributed by atoms with Gasteiger partial charge in [0.25, 0.3) is 5.91 Å². The van der Waals surface area contributed by atoms with E-state index >= 15 is 0 Å². The lowest BCUT2D eigenvalue weighted by atomic mass is 10.1. The van der Waals surface area contributed by atoms with E-state index in [1.807, 2.05) is 13.0 Å². The van der Waals surface area contributed by atoms with Crippen LogP contribution in [0.25, 0.3) is 5.65 Å². The molecule has 0 aliphatic heterocycles. The molecule has 0 saturated heterocycles. The molecule has 7 heteroatoms. The predicted octanol–water partition coefficient (Wildman–Crippen LogP) is 3.51. The molecule has 122 valence electrons. The van der Waals surface area contributed by atoms with Crippen LogP contribution in [-0.2, 0) is 4.79 Å². The lowest BCUT2D eigenvalue weighted by Gasteiger charge is -2.12. The number of nitrogens with one attached hydrogen (secondary N) is 2. The molecular formula is C17H15ClN4O2. The van der Waals surface area contributed by atoms with E-state index < -0.39 is 0 Å². The zero-order valence-electron chi connectivity index (χ0n) is 13.1. The molecule has 2 N–H and O–H groups in total. The van der Waals surface area contributed by atoms with Crippen molar-refractivity contribution in [2.75, 3.05) is 10.6 Å². The van der Waals surface area contributed by atoms with Gasteiger partial charge in [0.2, 0.25) is 5.91 Å². The minimum absolute atomic E-state index is 0.134. The molecule has 2 aromatic heterocycles. The highest BCUT2D eigenvalue weighted by Gasteiger charge is 2.19. The van der Waals surface area contributed by atoms with Gasteiger partial charge in [-0.1, -0.05) is 23.7 Å². The van der Waals surface area contributed by atoms with Gasteiger partial charge in [0.15, 0.2) is 10.8 Å². The summed E-state index contributed by atoms with van der Waals surface area (Å²) in [6.45, 7) is 3.25. The zero-order chi connectivity index (χ0) is 17.3. The highest BCUT2D eigenvalue weighted by atomic mass is 35.5. The fraction of sp³-hybridized carbons (Fsp3) is 0.118. The molecule has 3 aromatic rings. The van der Waals surface area contributed by atoms with Crippen molar-refractivity contribution in [2.45, 2.75) is 13.8 Å². The molecule has 0 spiro atoms. The van der Waals surface area contributed by atoms with Crippen molar-refractivity contribution in [3.63, 3.8) is 0 Å². The van der Waals surface area contributed by atoms with E-state index in [0.29, 0.717) is 17.0 Å². The van der Waals surface area contributed by atoms with Gasteiger partial charge in [0.05, 0.1) is 0 Å². The van der Waals surface area contributed by atoms with Crippen molar-refractivity contribution in [3.05, 3.63) is 59.0 Å². The maximum absolute atomic E-state index is 12.7. The van der Waals surface area contributed by atoms with E-state index in [1.54, 1.807) is 40.9 Å². The van der Waals surface area contributed by atoms with Gasteiger partial charge in [-0.25, -0.2) is 4.98 Å². The van der Waals surface area contributed by atoms with E-state index in [-0.39, 0.29) is 22.7 Å². The molecule has 6 nitrogen and oxygen atoms in total. The number of halogens is 1. The van der Waals surface area contributed by atoms with Crippen LogP contribution in [-0.4, -0.2) is 21.2 Å². The molecule has 0 aliphatic carbocycles. The van der Waals surface area contributed by atoms with Gasteiger partial charge >= 0.3 is 0 Å². The molecule has 0 unspecified atom stereocenters. The standard InChI is InChI=1S/C17H15ClN4O2/c1-10-12(19-11(2)23)6-5-7-13(10)20-17(24)15-16(18)21-14-8-3-4-9-22(14)15/h3-9H,1-2H3,(H,19,23)(H,20,24). The number of amides is 2. The van der Waals surface area contributed by atoms with E-state index in [4.69, 9.17) is 11.6 Å². The van der Waals surface area contributed by atoms with Crippen molar-refractivity contribution < 1.29 is 9.59 Å². The molecule has 0 saturated carbocycles. The second-order valence-corrected chi connectivity index (χ2v) is 5.65. The first-order valence-corrected chi connectivity index (χ1v) is 7.66. The number of imidazole rings is 1. The van der Waals surface area contributed by atoms with Gasteiger partial charge in [-0.3, -0.25) is 14.0 Å². The predicted molar refractivity (Wildman–Crippen MR) is 93.6 cm³/mol. The number of hydrogen-bond acceptors (Lipinski definition) is 3. The summed E-state index contributed by atoms with van der Waals surface area (Å²) in [4.78, 5) is 28.1. The molecule has 2 amide bonds. The second kappa shape index (κ2) is 6.33. The Balaban J connectivity index is 1.95. The molecule has 0 fully saturated rings. The van der Waals surface area contributed by atoms with E-state index in [1.165, 1.54) is 6.92 Å². The Morgan fingerprint density at radius 2 is 1.79 bits per heavy atom. The van der Waals surface area contributed by atoms with Gasteiger partial charge in [0.1, 0.15) is 5.65 Å². The fourth-order valence-electron chi connectivity index (χ4n) is 2.45. The van der Waals surface area contributed by atoms with Gasteiger partial charge < -0.3 is 10.6 Å². The Bertz CT molecular complexity index is 949. The van der Waals surface area contributed by atoms with Crippen LogP contribution < -0.4 is 10.6 Å². The summed E-state index contributed by atoms with van der Waals surface area (Å²) in [5, 5.41) is 5.69. The van der Waals surface area contributed by atoms with Gasteiger partial charge in [-0.05, 0) is 36.8 Å². The summed E-state index contributed by atoms with van der Waals surface area (Å²) < 4.78 is 1.63. The molecule has 1 aromatic carbocycles. The topological polar surface area (TPSA) is 75.5 Å². The molecule has 2 heterocycles. The smallest absolute Gasteiger partial charge is 0.275 e. The third-order valence-electron chi connectivity index (χ3n) is 3.60. The van der Waals surface area contributed by atoms with Gasteiger partial charge in [-0.2, -0.15) is 0 Å². The zero-order valence-corrected chi connectivity index (χ0v) is 13.9. The van der Waals surface area contributed by atoms with E-state index in [9.17, 15) is 9.59 Å². The summed E-state index contributed by atoms with van der Waals surface area (Å²) in [5.74, 6) is -0.548. The maximum Gasteiger partial charge on any atom is 0.275 e. The molecule has 24 heavy (non-hydrogen) atoms. The molecule has 0 aliphatic rings. The van der Waals surface area contributed by atoms with Gasteiger partial charge in [0, 0.05) is 24.5 Å². The van der Waals surface area contributed by atoms with Crippen LogP contribution in [0.4, 0.5) is 11.4 Å².